The Morgan fingerprint density at radius 2 is 0.419 bits per heavy atom. The zero-order valence-corrected chi connectivity index (χ0v) is 91.0. The Labute approximate surface area is 786 Å². The molecule has 0 heterocycles. The van der Waals surface area contributed by atoms with E-state index in [0.29, 0.717) is 234 Å². The van der Waals surface area contributed by atoms with E-state index in [1.807, 2.05) is 73.5 Å². The lowest BCUT2D eigenvalue weighted by Crippen LogP contribution is -2.67. The van der Waals surface area contributed by atoms with E-state index in [2.05, 4.69) is 39.9 Å². The molecule has 0 aromatic carbocycles. The summed E-state index contributed by atoms with van der Waals surface area (Å²) in [5.41, 5.74) is 0. The van der Waals surface area contributed by atoms with E-state index in [0.717, 1.165) is 154 Å². The first-order valence-corrected chi connectivity index (χ1v) is 64.6. The fraction of sp³-hybridized carbons (Fsp3) is 0.899. The molecule has 0 radical (unpaired) electrons. The Bertz CT molecular complexity index is 2780. The number of hydrogen-bond acceptors (Lipinski definition) is 32. The maximum absolute atomic E-state index is 12.0. The minimum atomic E-state index is -3.59. The second-order valence-corrected chi connectivity index (χ2v) is 53.3. The molecule has 0 spiro atoms. The maximum atomic E-state index is 12.0. The number of carbonyl (C=O) groups excluding carboxylic acids is 9. The molecule has 1 amide bonds. The second kappa shape index (κ2) is 84.6. The van der Waals surface area contributed by atoms with Gasteiger partial charge in [0.2, 0.25) is 5.91 Å². The molecule has 4 atom stereocenters. The summed E-state index contributed by atoms with van der Waals surface area (Å²) in [5.74, 6) is -1.85. The van der Waals surface area contributed by atoms with E-state index < -0.39 is 61.4 Å². The minimum Gasteiger partial charge on any atom is -0.466 e. The van der Waals surface area contributed by atoms with Crippen LogP contribution in [0.3, 0.4) is 0 Å². The summed E-state index contributed by atoms with van der Waals surface area (Å²) in [6.45, 7) is 40.2. The van der Waals surface area contributed by atoms with Crippen LogP contribution in [0.2, 0.25) is 51.9 Å². The normalized spacial score (nSPS) is 13.5. The molecule has 0 aliphatic carbocycles. The number of nitrogens with one attached hydrogen (secondary N) is 1. The van der Waals surface area contributed by atoms with E-state index in [-0.39, 0.29) is 53.7 Å². The van der Waals surface area contributed by atoms with Gasteiger partial charge in [0.05, 0.1) is 52.9 Å². The Balaban J connectivity index is -0.00000225. The van der Waals surface area contributed by atoms with E-state index in [4.69, 9.17) is 103 Å². The Hall–Kier alpha value is -3.85. The highest BCUT2D eigenvalue weighted by Crippen LogP contribution is 2.32. The molecular weight excluding hydrogens is 1790 g/mol. The van der Waals surface area contributed by atoms with Gasteiger partial charge >= 0.3 is 109 Å². The third-order valence-electron chi connectivity index (χ3n) is 19.0. The molecule has 1 N–H and O–H groups in total. The average molecular weight is 1970 g/mol. The molecule has 0 aromatic rings. The zero-order chi connectivity index (χ0) is 97.1. The third-order valence-corrected chi connectivity index (χ3v) is 42.4. The summed E-state index contributed by atoms with van der Waals surface area (Å²) in [5, 5.41) is 2.71. The molecule has 0 saturated heterocycles. The van der Waals surface area contributed by atoms with Crippen molar-refractivity contribution in [2.45, 2.75) is 397 Å². The molecular formula is C89H181NO32Si7. The van der Waals surface area contributed by atoms with Crippen molar-refractivity contribution in [1.82, 2.24) is 5.32 Å². The summed E-state index contributed by atoms with van der Waals surface area (Å²) < 4.78 is 136. The SMILES string of the molecule is CCCCCCC(=O)OCCCCCC(=O)OCCCCCC(=O)OCCCCCC(=O)OCCCCCC(=O)OCCCCCC(=O)OCCCCCC(=O)OCCCCCC(=O)OCCCC.CCCO[Si](C)(C)O[Si](C)(OCCC)O[Si](C)(OCCC)O[Si](C)(OCCC)O[Si](C)(OCCC)O[Si](C)(OCCC)OCCC.CO[Si](CCCNC(C)=O)(OC)OC. The molecule has 0 aromatic heterocycles. The van der Waals surface area contributed by atoms with Crippen LogP contribution in [-0.2, 0) is 146 Å². The van der Waals surface area contributed by atoms with Gasteiger partial charge in [0.15, 0.2) is 0 Å². The number of esters is 8. The van der Waals surface area contributed by atoms with Gasteiger partial charge in [-0.15, -0.1) is 0 Å². The Morgan fingerprint density at radius 3 is 0.636 bits per heavy atom. The fourth-order valence-electron chi connectivity index (χ4n) is 12.2. The van der Waals surface area contributed by atoms with Gasteiger partial charge in [-0.05, 0) is 212 Å². The largest absolute Gasteiger partial charge is 0.500 e. The van der Waals surface area contributed by atoms with Gasteiger partial charge in [0.1, 0.15) is 0 Å². The molecule has 129 heavy (non-hydrogen) atoms. The van der Waals surface area contributed by atoms with Crippen molar-refractivity contribution in [3.8, 4) is 0 Å². The highest BCUT2D eigenvalue weighted by atomic mass is 28.5. The summed E-state index contributed by atoms with van der Waals surface area (Å²) in [7, 11) is -17.4. The molecule has 0 saturated carbocycles. The molecule has 33 nitrogen and oxygen atoms in total. The predicted molar refractivity (Wildman–Crippen MR) is 510 cm³/mol. The summed E-state index contributed by atoms with van der Waals surface area (Å²) in [6, 6.07) is 0.705. The van der Waals surface area contributed by atoms with Crippen molar-refractivity contribution in [2.75, 3.05) is 127 Å². The lowest BCUT2D eigenvalue weighted by atomic mass is 10.1. The van der Waals surface area contributed by atoms with Crippen molar-refractivity contribution in [2.24, 2.45) is 0 Å². The fourth-order valence-corrected chi connectivity index (χ4v) is 37.2. The van der Waals surface area contributed by atoms with Gasteiger partial charge in [-0.3, -0.25) is 43.2 Å². The van der Waals surface area contributed by atoms with Gasteiger partial charge in [-0.1, -0.05) is 88.0 Å². The first kappa shape index (κ1) is 129. The molecule has 40 heteroatoms. The van der Waals surface area contributed by atoms with Crippen LogP contribution in [0.4, 0.5) is 0 Å². The first-order valence-electron chi connectivity index (χ1n) is 48.8. The van der Waals surface area contributed by atoms with Crippen LogP contribution in [-0.4, -0.2) is 242 Å². The van der Waals surface area contributed by atoms with E-state index >= 15 is 0 Å². The van der Waals surface area contributed by atoms with E-state index in [9.17, 15) is 43.2 Å². The van der Waals surface area contributed by atoms with Crippen LogP contribution in [0, 0.1) is 0 Å². The number of amides is 1. The monoisotopic (exact) mass is 1970 g/mol. The Morgan fingerprint density at radius 1 is 0.217 bits per heavy atom. The lowest BCUT2D eigenvalue weighted by molar-refractivity contribution is -0.146. The average Bonchev–Trinajstić information content (AvgIpc) is 0.782. The molecule has 0 bridgehead atoms. The third kappa shape index (κ3) is 80.0. The van der Waals surface area contributed by atoms with Crippen molar-refractivity contribution in [3.63, 3.8) is 0 Å². The predicted octanol–water partition coefficient (Wildman–Crippen LogP) is 19.0. The van der Waals surface area contributed by atoms with Gasteiger partial charge in [-0.25, -0.2) is 0 Å². The van der Waals surface area contributed by atoms with Gasteiger partial charge in [0.25, 0.3) is 0 Å². The minimum absolute atomic E-state index is 0.0236. The Kier molecular flexibility index (Phi) is 84.8. The number of hydrogen-bond donors (Lipinski definition) is 1. The molecule has 0 fully saturated rings. The quantitative estimate of drug-likeness (QED) is 0.0256. The van der Waals surface area contributed by atoms with Crippen LogP contribution in [0.25, 0.3) is 0 Å². The summed E-state index contributed by atoms with van der Waals surface area (Å²) in [6.07, 6.45) is 30.1. The number of carbonyl (C=O) groups is 9. The van der Waals surface area contributed by atoms with E-state index in [1.54, 1.807) is 21.3 Å². The van der Waals surface area contributed by atoms with Crippen LogP contribution in [0.5, 0.6) is 0 Å². The van der Waals surface area contributed by atoms with Crippen LogP contribution >= 0.6 is 0 Å². The molecule has 0 aliphatic rings. The second-order valence-electron chi connectivity index (χ2n) is 32.6. The van der Waals surface area contributed by atoms with Gasteiger partial charge in [0, 0.05) is 171 Å². The van der Waals surface area contributed by atoms with E-state index in [1.165, 1.54) is 6.92 Å². The van der Waals surface area contributed by atoms with Crippen molar-refractivity contribution >= 4 is 115 Å². The maximum Gasteiger partial charge on any atom is 0.500 e. The lowest BCUT2D eigenvalue weighted by Gasteiger charge is -2.43. The van der Waals surface area contributed by atoms with Crippen LogP contribution in [0.1, 0.15) is 345 Å². The molecule has 4 unspecified atom stereocenters. The van der Waals surface area contributed by atoms with Crippen molar-refractivity contribution in [3.05, 3.63) is 0 Å². The number of unbranched alkanes of at least 4 members (excludes halogenated alkanes) is 18. The molecule has 0 aliphatic heterocycles. The first-order chi connectivity index (χ1) is 61.6. The number of rotatable bonds is 88. The standard InChI is InChI=1S/C53H92O16.C28H70O12Si6.C8H19NO4Si/c1-3-5-7-15-30-47(55)63-39-24-9-17-32-49(57)65-41-26-11-19-34-51(59)67-43-28-13-21-36-53(61)69-45-29-14-22-37-52(60)68-44-27-12-20-35-50(58)66-42-25-10-18-33-48(56)64-40-23-8-16-31-46(54)62-38-6-4-2;1-15-22-29-41(8,9)36-43(11,32-25-18-4)38-45(13,34-27-20-6)40-46(14,35-28-21-7)39-44(12,33-26-19-5)37-42(10,30-23-16-2)31-24-17-3;1-8(10)9-6-5-7-14(11-2,12-3)13-4/h3-45H2,1-2H3;15-28H2,1-14H3;5-7H2,1-4H3,(H,9,10). The van der Waals surface area contributed by atoms with Gasteiger partial charge < -0.3 is 108 Å². The summed E-state index contributed by atoms with van der Waals surface area (Å²) in [4.78, 5) is 106. The zero-order valence-electron chi connectivity index (χ0n) is 84.0. The highest BCUT2D eigenvalue weighted by Gasteiger charge is 2.60. The number of ether oxygens (including phenoxy) is 8. The smallest absolute Gasteiger partial charge is 0.466 e. The molecule has 762 valence electrons. The van der Waals surface area contributed by atoms with Crippen molar-refractivity contribution in [1.29, 1.82) is 0 Å². The topological polar surface area (TPSA) is 378 Å². The highest BCUT2D eigenvalue weighted by molar-refractivity contribution is 6.86. The van der Waals surface area contributed by atoms with Gasteiger partial charge in [-0.2, -0.15) is 0 Å². The van der Waals surface area contributed by atoms with Crippen molar-refractivity contribution < 1.29 is 146 Å². The van der Waals surface area contributed by atoms with Crippen LogP contribution < -0.4 is 5.32 Å². The summed E-state index contributed by atoms with van der Waals surface area (Å²) >= 11 is 0. The van der Waals surface area contributed by atoms with Crippen LogP contribution in [0.15, 0.2) is 0 Å². The molecule has 0 rings (SSSR count).